The molecule has 0 atom stereocenters. The first-order valence-electron chi connectivity index (χ1n) is 14.4. The van der Waals surface area contributed by atoms with Gasteiger partial charge in [0.1, 0.15) is 0 Å². The zero-order valence-corrected chi connectivity index (χ0v) is 28.4. The average Bonchev–Trinajstić information content (AvgIpc) is 3.20. The summed E-state index contributed by atoms with van der Waals surface area (Å²) in [6.07, 6.45) is 3.74. The van der Waals surface area contributed by atoms with Crippen LogP contribution in [0, 0.1) is 12.1 Å². The molecule has 0 spiro atoms. The monoisotopic (exact) mass is 729 g/mol. The van der Waals surface area contributed by atoms with Crippen LogP contribution in [0.5, 0.6) is 0 Å². The van der Waals surface area contributed by atoms with E-state index in [0.717, 1.165) is 22.5 Å². The summed E-state index contributed by atoms with van der Waals surface area (Å²) in [6, 6.07) is 36.3. The Hall–Kier alpha value is -3.39. The molecule has 0 N–H and O–H groups in total. The van der Waals surface area contributed by atoms with Gasteiger partial charge in [-0.25, -0.2) is 0 Å². The fourth-order valence-corrected chi connectivity index (χ4v) is 5.61. The molecule has 217 valence electrons. The van der Waals surface area contributed by atoms with E-state index in [4.69, 9.17) is 0 Å². The third kappa shape index (κ3) is 6.33. The van der Waals surface area contributed by atoms with Crippen molar-refractivity contribution in [3.8, 4) is 33.6 Å². The summed E-state index contributed by atoms with van der Waals surface area (Å²) in [5.41, 5.74) is 12.4. The third-order valence-corrected chi connectivity index (χ3v) is 8.00. The van der Waals surface area contributed by atoms with Crippen LogP contribution in [0.4, 0.5) is 0 Å². The predicted molar refractivity (Wildman–Crippen MR) is 172 cm³/mol. The van der Waals surface area contributed by atoms with Gasteiger partial charge < -0.3 is 9.97 Å². The maximum atomic E-state index is 4.52. The Morgan fingerprint density at radius 1 is 0.619 bits per heavy atom. The molecule has 42 heavy (non-hydrogen) atoms. The first-order valence-corrected chi connectivity index (χ1v) is 14.4. The Kier molecular flexibility index (Phi) is 9.07. The molecule has 0 saturated carbocycles. The van der Waals surface area contributed by atoms with Crippen molar-refractivity contribution in [3.05, 3.63) is 132 Å². The van der Waals surface area contributed by atoms with E-state index in [1.807, 2.05) is 36.7 Å². The number of aromatic nitrogens is 2. The fraction of sp³-hybridized carbons (Fsp3) is 0.282. The molecule has 1 aliphatic rings. The number of rotatable bonds is 2. The summed E-state index contributed by atoms with van der Waals surface area (Å²) < 4.78 is 0. The maximum Gasteiger partial charge on any atom is 0.0163 e. The van der Waals surface area contributed by atoms with Gasteiger partial charge in [0, 0.05) is 32.5 Å². The van der Waals surface area contributed by atoms with Gasteiger partial charge in [-0.15, -0.1) is 64.7 Å². The number of benzene rings is 3. The van der Waals surface area contributed by atoms with Crippen molar-refractivity contribution in [3.63, 3.8) is 0 Å². The summed E-state index contributed by atoms with van der Waals surface area (Å²) in [5.74, 6) is 0. The van der Waals surface area contributed by atoms with Crippen molar-refractivity contribution in [2.45, 2.75) is 71.6 Å². The molecule has 0 fully saturated rings. The van der Waals surface area contributed by atoms with Crippen LogP contribution in [-0.4, -0.2) is 9.97 Å². The predicted octanol–water partition coefficient (Wildman–Crippen LogP) is 10.00. The van der Waals surface area contributed by atoms with E-state index in [1.54, 1.807) is 0 Å². The van der Waals surface area contributed by atoms with Crippen LogP contribution < -0.4 is 0 Å². The SMILES string of the molecule is CC(C)(C)c1cc[c-]c(-c2cc(C(C)(C)C)ccn2)c1.CC1(C)c2ccccc2-c2cc[c-]c(-c3ccccn3)c21.[Ir]. The van der Waals surface area contributed by atoms with Crippen LogP contribution in [0.25, 0.3) is 33.6 Å². The normalized spacial score (nSPS) is 13.2. The average molecular weight is 729 g/mol. The molecule has 5 aromatic rings. The summed E-state index contributed by atoms with van der Waals surface area (Å²) in [4.78, 5) is 9.04. The molecule has 0 amide bonds. The Morgan fingerprint density at radius 2 is 1.26 bits per heavy atom. The van der Waals surface area contributed by atoms with Crippen molar-refractivity contribution < 1.29 is 20.1 Å². The maximum absolute atomic E-state index is 4.52. The van der Waals surface area contributed by atoms with E-state index in [9.17, 15) is 0 Å². The Bertz CT molecular complexity index is 1620. The number of hydrogen-bond donors (Lipinski definition) is 0. The van der Waals surface area contributed by atoms with E-state index in [2.05, 4.69) is 138 Å². The largest absolute Gasteiger partial charge is 0.305 e. The second-order valence-electron chi connectivity index (χ2n) is 13.4. The van der Waals surface area contributed by atoms with Crippen molar-refractivity contribution in [1.29, 1.82) is 0 Å². The molecule has 0 aliphatic heterocycles. The smallest absolute Gasteiger partial charge is 0.0163 e. The number of fused-ring (bicyclic) bond motifs is 3. The fourth-order valence-electron chi connectivity index (χ4n) is 5.61. The minimum Gasteiger partial charge on any atom is -0.305 e. The van der Waals surface area contributed by atoms with Gasteiger partial charge in [0.25, 0.3) is 0 Å². The molecular formula is C39H40IrN2-2. The second-order valence-corrected chi connectivity index (χ2v) is 13.4. The molecule has 3 aromatic carbocycles. The molecular weight excluding hydrogens is 689 g/mol. The summed E-state index contributed by atoms with van der Waals surface area (Å²) in [7, 11) is 0. The standard InChI is InChI=1S/C20H16N.C19H24N.Ir/c1-20(2)17-11-4-3-8-14(17)15-9-7-10-16(19(15)20)18-12-5-6-13-21-18;1-18(2,3)15-9-7-8-14(12-15)17-13-16(10-11-20-17)19(4,5)6;/h3-9,11-13H,1-2H3;7,9-13H,1-6H3;/q2*-1;. The van der Waals surface area contributed by atoms with Crippen LogP contribution in [-0.2, 0) is 36.4 Å². The van der Waals surface area contributed by atoms with Crippen molar-refractivity contribution in [2.75, 3.05) is 0 Å². The van der Waals surface area contributed by atoms with Crippen molar-refractivity contribution >= 4 is 0 Å². The third-order valence-electron chi connectivity index (χ3n) is 8.00. The summed E-state index contributed by atoms with van der Waals surface area (Å²) in [5, 5.41) is 0. The second kappa shape index (κ2) is 12.1. The molecule has 0 saturated heterocycles. The van der Waals surface area contributed by atoms with E-state index in [1.165, 1.54) is 33.4 Å². The number of pyridine rings is 2. The minimum atomic E-state index is -0.0173. The van der Waals surface area contributed by atoms with Crippen LogP contribution in [0.15, 0.2) is 97.3 Å². The first kappa shape index (κ1) is 31.5. The molecule has 1 radical (unpaired) electrons. The molecule has 1 aliphatic carbocycles. The van der Waals surface area contributed by atoms with Gasteiger partial charge >= 0.3 is 0 Å². The molecule has 2 nitrogen and oxygen atoms in total. The van der Waals surface area contributed by atoms with E-state index in [-0.39, 0.29) is 36.4 Å². The van der Waals surface area contributed by atoms with Crippen LogP contribution in [0.3, 0.4) is 0 Å². The summed E-state index contributed by atoms with van der Waals surface area (Å²) in [6.45, 7) is 17.9. The molecule has 2 aromatic heterocycles. The number of hydrogen-bond acceptors (Lipinski definition) is 2. The molecule has 0 unspecified atom stereocenters. The summed E-state index contributed by atoms with van der Waals surface area (Å²) >= 11 is 0. The van der Waals surface area contributed by atoms with E-state index < -0.39 is 0 Å². The van der Waals surface area contributed by atoms with E-state index in [0.29, 0.717) is 0 Å². The van der Waals surface area contributed by atoms with E-state index >= 15 is 0 Å². The Morgan fingerprint density at radius 3 is 1.95 bits per heavy atom. The molecule has 6 rings (SSSR count). The van der Waals surface area contributed by atoms with Crippen LogP contribution >= 0.6 is 0 Å². The number of nitrogens with zero attached hydrogens (tertiary/aromatic N) is 2. The first-order chi connectivity index (χ1) is 19.4. The quantitative estimate of drug-likeness (QED) is 0.169. The van der Waals surface area contributed by atoms with Gasteiger partial charge in [0.15, 0.2) is 0 Å². The molecule has 0 bridgehead atoms. The Labute approximate surface area is 266 Å². The minimum absolute atomic E-state index is 0. The van der Waals surface area contributed by atoms with Crippen molar-refractivity contribution in [2.24, 2.45) is 0 Å². The van der Waals surface area contributed by atoms with Crippen LogP contribution in [0.2, 0.25) is 0 Å². The van der Waals surface area contributed by atoms with Gasteiger partial charge in [-0.3, -0.25) is 0 Å². The zero-order valence-electron chi connectivity index (χ0n) is 26.0. The topological polar surface area (TPSA) is 25.8 Å². The molecule has 2 heterocycles. The van der Waals surface area contributed by atoms with Crippen molar-refractivity contribution in [1.82, 2.24) is 9.97 Å². The Balaban J connectivity index is 0.000000189. The zero-order chi connectivity index (χ0) is 29.4. The molecule has 3 heteroatoms. The van der Waals surface area contributed by atoms with Gasteiger partial charge in [-0.1, -0.05) is 103 Å². The van der Waals surface area contributed by atoms with Crippen LogP contribution in [0.1, 0.15) is 77.6 Å². The van der Waals surface area contributed by atoms with Gasteiger partial charge in [0.2, 0.25) is 0 Å². The van der Waals surface area contributed by atoms with Gasteiger partial charge in [-0.2, -0.15) is 0 Å². The van der Waals surface area contributed by atoms with Gasteiger partial charge in [-0.05, 0) is 56.5 Å². The van der Waals surface area contributed by atoms with Gasteiger partial charge in [0.05, 0.1) is 0 Å².